The van der Waals surface area contributed by atoms with Crippen LogP contribution in [-0.4, -0.2) is 37.1 Å². The topological polar surface area (TPSA) is 15.3 Å². The zero-order chi connectivity index (χ0) is 13.9. The van der Waals surface area contributed by atoms with Gasteiger partial charge in [0.1, 0.15) is 0 Å². The maximum Gasteiger partial charge on any atom is 0.0271 e. The molecule has 112 valence electrons. The van der Waals surface area contributed by atoms with Crippen LogP contribution in [0.3, 0.4) is 0 Å². The number of rotatable bonds is 4. The van der Waals surface area contributed by atoms with Crippen molar-refractivity contribution in [1.82, 2.24) is 10.2 Å². The van der Waals surface area contributed by atoms with Crippen molar-refractivity contribution in [3.05, 3.63) is 0 Å². The maximum absolute atomic E-state index is 3.64. The standard InChI is InChI=1S/C17H34N2/c1-5-7-14-9-12-19(13-10-14)15-8-6-11-17(2,3)16(15)18-4/h14-16,18H,5-13H2,1-4H3. The minimum absolute atomic E-state index is 0.456. The number of hydrogen-bond donors (Lipinski definition) is 1. The zero-order valence-electron chi connectivity index (χ0n) is 13.5. The number of likely N-dealkylation sites (tertiary alicyclic amines) is 1. The van der Waals surface area contributed by atoms with Crippen molar-refractivity contribution < 1.29 is 0 Å². The SMILES string of the molecule is CCCC1CCN(C2CCCC(C)(C)C2NC)CC1. The molecule has 0 bridgehead atoms. The molecule has 0 amide bonds. The van der Waals surface area contributed by atoms with E-state index in [1.54, 1.807) is 0 Å². The Bertz CT molecular complexity index is 266. The molecule has 2 nitrogen and oxygen atoms in total. The number of hydrogen-bond acceptors (Lipinski definition) is 2. The van der Waals surface area contributed by atoms with Gasteiger partial charge in [0, 0.05) is 12.1 Å². The molecule has 1 N–H and O–H groups in total. The summed E-state index contributed by atoms with van der Waals surface area (Å²) in [7, 11) is 2.16. The fourth-order valence-corrected chi connectivity index (χ4v) is 4.57. The van der Waals surface area contributed by atoms with Crippen LogP contribution in [0.5, 0.6) is 0 Å². The molecule has 19 heavy (non-hydrogen) atoms. The van der Waals surface area contributed by atoms with E-state index < -0.39 is 0 Å². The molecule has 2 atom stereocenters. The first kappa shape index (κ1) is 15.3. The van der Waals surface area contributed by atoms with Crippen molar-refractivity contribution in [3.63, 3.8) is 0 Å². The molecule has 1 saturated carbocycles. The van der Waals surface area contributed by atoms with Crippen LogP contribution in [0, 0.1) is 11.3 Å². The summed E-state index contributed by atoms with van der Waals surface area (Å²) in [6, 6.07) is 1.44. The van der Waals surface area contributed by atoms with Crippen molar-refractivity contribution in [2.24, 2.45) is 11.3 Å². The predicted molar refractivity (Wildman–Crippen MR) is 83.5 cm³/mol. The first-order valence-corrected chi connectivity index (χ1v) is 8.49. The van der Waals surface area contributed by atoms with Crippen molar-refractivity contribution in [1.29, 1.82) is 0 Å². The molecule has 0 aromatic heterocycles. The molecule has 1 aliphatic heterocycles. The molecule has 1 heterocycles. The normalized spacial score (nSPS) is 33.5. The fourth-order valence-electron chi connectivity index (χ4n) is 4.57. The van der Waals surface area contributed by atoms with E-state index in [1.165, 1.54) is 58.0 Å². The molecular weight excluding hydrogens is 232 g/mol. The van der Waals surface area contributed by atoms with E-state index in [9.17, 15) is 0 Å². The number of nitrogens with one attached hydrogen (secondary N) is 1. The highest BCUT2D eigenvalue weighted by atomic mass is 15.2. The Morgan fingerprint density at radius 1 is 1.16 bits per heavy atom. The Balaban J connectivity index is 1.94. The Morgan fingerprint density at radius 3 is 2.42 bits per heavy atom. The Labute approximate surface area is 120 Å². The monoisotopic (exact) mass is 266 g/mol. The summed E-state index contributed by atoms with van der Waals surface area (Å²) in [6.45, 7) is 9.90. The van der Waals surface area contributed by atoms with Crippen LogP contribution in [0.1, 0.15) is 65.7 Å². The van der Waals surface area contributed by atoms with Gasteiger partial charge in [-0.1, -0.05) is 40.0 Å². The summed E-state index contributed by atoms with van der Waals surface area (Å²) < 4.78 is 0. The van der Waals surface area contributed by atoms with Crippen LogP contribution in [-0.2, 0) is 0 Å². The quantitative estimate of drug-likeness (QED) is 0.835. The Hall–Kier alpha value is -0.0800. The van der Waals surface area contributed by atoms with E-state index in [-0.39, 0.29) is 0 Å². The second-order valence-corrected chi connectivity index (χ2v) is 7.48. The van der Waals surface area contributed by atoms with Gasteiger partial charge in [-0.25, -0.2) is 0 Å². The van der Waals surface area contributed by atoms with E-state index in [0.29, 0.717) is 11.5 Å². The Morgan fingerprint density at radius 2 is 1.84 bits per heavy atom. The van der Waals surface area contributed by atoms with Gasteiger partial charge in [0.15, 0.2) is 0 Å². The molecule has 1 saturated heterocycles. The molecule has 2 aliphatic rings. The third-order valence-corrected chi connectivity index (χ3v) is 5.67. The third-order valence-electron chi connectivity index (χ3n) is 5.67. The van der Waals surface area contributed by atoms with Gasteiger partial charge >= 0.3 is 0 Å². The van der Waals surface area contributed by atoms with E-state index in [2.05, 4.69) is 38.0 Å². The van der Waals surface area contributed by atoms with Gasteiger partial charge in [-0.05, 0) is 57.2 Å². The van der Waals surface area contributed by atoms with Crippen molar-refractivity contribution in [2.45, 2.75) is 77.8 Å². The molecule has 2 rings (SSSR count). The minimum Gasteiger partial charge on any atom is -0.315 e. The molecule has 0 radical (unpaired) electrons. The molecule has 2 fully saturated rings. The van der Waals surface area contributed by atoms with Crippen LogP contribution in [0.2, 0.25) is 0 Å². The first-order valence-electron chi connectivity index (χ1n) is 8.49. The molecule has 2 heteroatoms. The highest BCUT2D eigenvalue weighted by Gasteiger charge is 2.41. The molecular formula is C17H34N2. The smallest absolute Gasteiger partial charge is 0.0271 e. The third kappa shape index (κ3) is 3.52. The maximum atomic E-state index is 3.64. The summed E-state index contributed by atoms with van der Waals surface area (Å²) >= 11 is 0. The number of nitrogens with zero attached hydrogens (tertiary/aromatic N) is 1. The van der Waals surface area contributed by atoms with E-state index in [4.69, 9.17) is 0 Å². The van der Waals surface area contributed by atoms with Crippen molar-refractivity contribution in [3.8, 4) is 0 Å². The average molecular weight is 266 g/mol. The molecule has 0 aromatic rings. The summed E-state index contributed by atoms with van der Waals surface area (Å²) in [5, 5.41) is 3.64. The fraction of sp³-hybridized carbons (Fsp3) is 1.00. The Kier molecular flexibility index (Phi) is 5.30. The summed E-state index contributed by atoms with van der Waals surface area (Å²) in [6.07, 6.45) is 9.85. The van der Waals surface area contributed by atoms with Crippen LogP contribution in [0.4, 0.5) is 0 Å². The van der Waals surface area contributed by atoms with Crippen LogP contribution >= 0.6 is 0 Å². The van der Waals surface area contributed by atoms with Crippen molar-refractivity contribution >= 4 is 0 Å². The van der Waals surface area contributed by atoms with E-state index in [1.807, 2.05) is 0 Å². The average Bonchev–Trinajstić information content (AvgIpc) is 2.39. The van der Waals surface area contributed by atoms with Crippen LogP contribution in [0.15, 0.2) is 0 Å². The van der Waals surface area contributed by atoms with E-state index >= 15 is 0 Å². The van der Waals surface area contributed by atoms with Crippen LogP contribution in [0.25, 0.3) is 0 Å². The highest BCUT2D eigenvalue weighted by Crippen LogP contribution is 2.38. The predicted octanol–water partition coefficient (Wildman–Crippen LogP) is 3.67. The molecule has 1 aliphatic carbocycles. The number of likely N-dealkylation sites (N-methyl/N-ethyl adjacent to an activating group) is 1. The molecule has 0 aromatic carbocycles. The molecule has 2 unspecified atom stereocenters. The second kappa shape index (κ2) is 6.58. The van der Waals surface area contributed by atoms with Gasteiger partial charge in [0.05, 0.1) is 0 Å². The lowest BCUT2D eigenvalue weighted by Gasteiger charge is -2.50. The lowest BCUT2D eigenvalue weighted by atomic mass is 9.70. The molecule has 0 spiro atoms. The summed E-state index contributed by atoms with van der Waals surface area (Å²) in [5.74, 6) is 1.01. The minimum atomic E-state index is 0.456. The summed E-state index contributed by atoms with van der Waals surface area (Å²) in [4.78, 5) is 2.80. The van der Waals surface area contributed by atoms with Gasteiger partial charge < -0.3 is 5.32 Å². The second-order valence-electron chi connectivity index (χ2n) is 7.48. The van der Waals surface area contributed by atoms with Gasteiger partial charge in [-0.15, -0.1) is 0 Å². The van der Waals surface area contributed by atoms with E-state index in [0.717, 1.165) is 12.0 Å². The zero-order valence-corrected chi connectivity index (χ0v) is 13.5. The lowest BCUT2D eigenvalue weighted by molar-refractivity contribution is 0.0308. The van der Waals surface area contributed by atoms with Gasteiger partial charge in [-0.2, -0.15) is 0 Å². The van der Waals surface area contributed by atoms with Gasteiger partial charge in [-0.3, -0.25) is 4.90 Å². The van der Waals surface area contributed by atoms with Gasteiger partial charge in [0.2, 0.25) is 0 Å². The lowest BCUT2D eigenvalue weighted by Crippen LogP contribution is -2.59. The first-order chi connectivity index (χ1) is 9.08. The van der Waals surface area contributed by atoms with Crippen molar-refractivity contribution in [2.75, 3.05) is 20.1 Å². The summed E-state index contributed by atoms with van der Waals surface area (Å²) in [5.41, 5.74) is 0.456. The largest absolute Gasteiger partial charge is 0.315 e. The number of piperidine rings is 1. The highest BCUT2D eigenvalue weighted by molar-refractivity contribution is 4.98. The van der Waals surface area contributed by atoms with Crippen LogP contribution < -0.4 is 5.32 Å². The van der Waals surface area contributed by atoms with Gasteiger partial charge in [0.25, 0.3) is 0 Å².